The molecular formula is C16H18F2N2O2. The average Bonchev–Trinajstić information content (AvgIpc) is 2.48. The van der Waals surface area contributed by atoms with Gasteiger partial charge in [-0.15, -0.1) is 0 Å². The zero-order valence-electron chi connectivity index (χ0n) is 12.2. The van der Waals surface area contributed by atoms with Gasteiger partial charge >= 0.3 is 6.09 Å². The Labute approximate surface area is 128 Å². The van der Waals surface area contributed by atoms with Gasteiger partial charge in [-0.2, -0.15) is 5.26 Å². The SMILES string of the molecule is N#CC1(CCF)CN(C(=O)OCCCc2ccc(F)cc2)C1. The van der Waals surface area contributed by atoms with Crippen molar-refractivity contribution < 1.29 is 18.3 Å². The molecule has 0 bridgehead atoms. The summed E-state index contributed by atoms with van der Waals surface area (Å²) >= 11 is 0. The van der Waals surface area contributed by atoms with E-state index in [1.54, 1.807) is 12.1 Å². The Hall–Kier alpha value is -2.16. The molecule has 0 atom stereocenters. The lowest BCUT2D eigenvalue weighted by Gasteiger charge is -2.44. The van der Waals surface area contributed by atoms with E-state index in [-0.39, 0.29) is 31.9 Å². The van der Waals surface area contributed by atoms with Crippen molar-refractivity contribution in [2.45, 2.75) is 19.3 Å². The molecule has 22 heavy (non-hydrogen) atoms. The molecule has 1 heterocycles. The molecule has 0 radical (unpaired) electrons. The molecule has 1 saturated heterocycles. The van der Waals surface area contributed by atoms with Crippen molar-refractivity contribution in [3.8, 4) is 6.07 Å². The first-order valence-electron chi connectivity index (χ1n) is 7.22. The summed E-state index contributed by atoms with van der Waals surface area (Å²) in [7, 11) is 0. The number of benzene rings is 1. The number of ether oxygens (including phenoxy) is 1. The van der Waals surface area contributed by atoms with Gasteiger partial charge in [0.1, 0.15) is 5.82 Å². The molecule has 0 unspecified atom stereocenters. The van der Waals surface area contributed by atoms with Crippen LogP contribution in [0.15, 0.2) is 24.3 Å². The summed E-state index contributed by atoms with van der Waals surface area (Å²) in [4.78, 5) is 13.2. The number of aryl methyl sites for hydroxylation is 1. The third kappa shape index (κ3) is 3.94. The van der Waals surface area contributed by atoms with Crippen LogP contribution in [0.3, 0.4) is 0 Å². The zero-order valence-corrected chi connectivity index (χ0v) is 12.2. The number of carbonyl (C=O) groups excluding carboxylic acids is 1. The third-order valence-corrected chi connectivity index (χ3v) is 3.80. The standard InChI is InChI=1S/C16H18F2N2O2/c17-8-7-16(10-19)11-20(12-16)15(21)22-9-1-2-13-3-5-14(18)6-4-13/h3-6H,1-2,7-9,11-12H2. The van der Waals surface area contributed by atoms with Crippen molar-refractivity contribution in [1.82, 2.24) is 4.90 Å². The van der Waals surface area contributed by atoms with Crippen LogP contribution in [0.25, 0.3) is 0 Å². The fraction of sp³-hybridized carbons (Fsp3) is 0.500. The summed E-state index contributed by atoms with van der Waals surface area (Å²) < 4.78 is 30.2. The number of carbonyl (C=O) groups is 1. The van der Waals surface area contributed by atoms with Gasteiger partial charge < -0.3 is 9.64 Å². The second kappa shape index (κ2) is 7.21. The van der Waals surface area contributed by atoms with Crippen LogP contribution in [0.5, 0.6) is 0 Å². The van der Waals surface area contributed by atoms with Crippen molar-refractivity contribution in [2.24, 2.45) is 5.41 Å². The number of amides is 1. The lowest BCUT2D eigenvalue weighted by Crippen LogP contribution is -2.58. The first-order valence-corrected chi connectivity index (χ1v) is 7.22. The Morgan fingerprint density at radius 2 is 2.05 bits per heavy atom. The van der Waals surface area contributed by atoms with Crippen molar-refractivity contribution in [1.29, 1.82) is 5.26 Å². The Morgan fingerprint density at radius 1 is 1.36 bits per heavy atom. The second-order valence-corrected chi connectivity index (χ2v) is 5.53. The minimum absolute atomic E-state index is 0.151. The first-order chi connectivity index (χ1) is 10.6. The molecule has 0 aromatic heterocycles. The van der Waals surface area contributed by atoms with E-state index in [4.69, 9.17) is 10.00 Å². The Kier molecular flexibility index (Phi) is 5.31. The largest absolute Gasteiger partial charge is 0.449 e. The van der Waals surface area contributed by atoms with E-state index in [1.807, 2.05) is 0 Å². The van der Waals surface area contributed by atoms with Crippen molar-refractivity contribution in [3.63, 3.8) is 0 Å². The minimum Gasteiger partial charge on any atom is -0.449 e. The van der Waals surface area contributed by atoms with E-state index in [2.05, 4.69) is 6.07 Å². The molecule has 1 fully saturated rings. The van der Waals surface area contributed by atoms with E-state index in [9.17, 15) is 13.6 Å². The molecule has 0 spiro atoms. The van der Waals surface area contributed by atoms with Gasteiger partial charge in [0.25, 0.3) is 0 Å². The number of rotatable bonds is 6. The molecule has 1 aromatic carbocycles. The molecule has 0 aliphatic carbocycles. The maximum Gasteiger partial charge on any atom is 0.409 e. The smallest absolute Gasteiger partial charge is 0.409 e. The Balaban J connectivity index is 1.65. The Morgan fingerprint density at radius 3 is 2.64 bits per heavy atom. The topological polar surface area (TPSA) is 53.3 Å². The van der Waals surface area contributed by atoms with Crippen LogP contribution in [-0.4, -0.2) is 37.4 Å². The number of nitrogens with zero attached hydrogens (tertiary/aromatic N) is 2. The molecular weight excluding hydrogens is 290 g/mol. The maximum atomic E-state index is 12.7. The van der Waals surface area contributed by atoms with Crippen molar-refractivity contribution in [3.05, 3.63) is 35.6 Å². The maximum absolute atomic E-state index is 12.7. The summed E-state index contributed by atoms with van der Waals surface area (Å²) in [5.74, 6) is -0.276. The molecule has 0 N–H and O–H groups in total. The molecule has 1 aromatic rings. The van der Waals surface area contributed by atoms with Gasteiger partial charge in [-0.05, 0) is 37.0 Å². The van der Waals surface area contributed by atoms with E-state index in [0.717, 1.165) is 5.56 Å². The lowest BCUT2D eigenvalue weighted by atomic mass is 9.79. The molecule has 2 rings (SSSR count). The quantitative estimate of drug-likeness (QED) is 0.759. The summed E-state index contributed by atoms with van der Waals surface area (Å²) in [6.45, 7) is 0.151. The summed E-state index contributed by atoms with van der Waals surface area (Å²) in [5.41, 5.74) is 0.231. The predicted molar refractivity (Wildman–Crippen MR) is 76.3 cm³/mol. The summed E-state index contributed by atoms with van der Waals surface area (Å²) in [6.07, 6.45) is 1.01. The lowest BCUT2D eigenvalue weighted by molar-refractivity contribution is 0.0191. The van der Waals surface area contributed by atoms with Crippen LogP contribution in [0.4, 0.5) is 13.6 Å². The molecule has 4 nitrogen and oxygen atoms in total. The van der Waals surface area contributed by atoms with Gasteiger partial charge in [0, 0.05) is 13.1 Å². The van der Waals surface area contributed by atoms with Gasteiger partial charge in [-0.25, -0.2) is 9.18 Å². The fourth-order valence-corrected chi connectivity index (χ4v) is 2.46. The highest BCUT2D eigenvalue weighted by Gasteiger charge is 2.46. The number of hydrogen-bond acceptors (Lipinski definition) is 3. The number of halogens is 2. The van der Waals surface area contributed by atoms with E-state index in [0.29, 0.717) is 12.8 Å². The number of alkyl halides is 1. The van der Waals surface area contributed by atoms with Crippen LogP contribution < -0.4 is 0 Å². The fourth-order valence-electron chi connectivity index (χ4n) is 2.46. The van der Waals surface area contributed by atoms with Crippen LogP contribution in [-0.2, 0) is 11.2 Å². The average molecular weight is 308 g/mol. The Bertz CT molecular complexity index is 548. The molecule has 0 saturated carbocycles. The molecule has 1 aliphatic heterocycles. The second-order valence-electron chi connectivity index (χ2n) is 5.53. The molecule has 1 aliphatic rings. The van der Waals surface area contributed by atoms with Gasteiger partial charge in [0.05, 0.1) is 24.8 Å². The van der Waals surface area contributed by atoms with Crippen LogP contribution >= 0.6 is 0 Å². The van der Waals surface area contributed by atoms with Crippen LogP contribution in [0.2, 0.25) is 0 Å². The van der Waals surface area contributed by atoms with Gasteiger partial charge in [0.2, 0.25) is 0 Å². The van der Waals surface area contributed by atoms with Crippen LogP contribution in [0.1, 0.15) is 18.4 Å². The van der Waals surface area contributed by atoms with E-state index >= 15 is 0 Å². The molecule has 118 valence electrons. The van der Waals surface area contributed by atoms with Crippen LogP contribution in [0, 0.1) is 22.6 Å². The highest BCUT2D eigenvalue weighted by molar-refractivity contribution is 5.69. The van der Waals surface area contributed by atoms with Gasteiger partial charge in [-0.1, -0.05) is 12.1 Å². The van der Waals surface area contributed by atoms with E-state index < -0.39 is 18.2 Å². The monoisotopic (exact) mass is 308 g/mol. The molecule has 1 amide bonds. The predicted octanol–water partition coefficient (Wildman–Crippen LogP) is 3.08. The zero-order chi connectivity index (χ0) is 16.0. The highest BCUT2D eigenvalue weighted by atomic mass is 19.1. The minimum atomic E-state index is -0.748. The summed E-state index contributed by atoms with van der Waals surface area (Å²) in [6, 6.07) is 8.27. The number of hydrogen-bond donors (Lipinski definition) is 0. The number of nitriles is 1. The van der Waals surface area contributed by atoms with Crippen molar-refractivity contribution in [2.75, 3.05) is 26.4 Å². The van der Waals surface area contributed by atoms with E-state index in [1.165, 1.54) is 17.0 Å². The van der Waals surface area contributed by atoms with Gasteiger partial charge in [-0.3, -0.25) is 4.39 Å². The summed E-state index contributed by atoms with van der Waals surface area (Å²) in [5, 5.41) is 9.00. The first kappa shape index (κ1) is 16.2. The van der Waals surface area contributed by atoms with Crippen molar-refractivity contribution >= 4 is 6.09 Å². The normalized spacial score (nSPS) is 15.8. The third-order valence-electron chi connectivity index (χ3n) is 3.80. The highest BCUT2D eigenvalue weighted by Crippen LogP contribution is 2.33. The van der Waals surface area contributed by atoms with Gasteiger partial charge in [0.15, 0.2) is 0 Å². The number of likely N-dealkylation sites (tertiary alicyclic amines) is 1. The molecule has 6 heteroatoms.